The SMILES string of the molecule is N#CCC1COC(C2CCSCC2)O1. The van der Waals surface area contributed by atoms with Crippen LogP contribution in [0.5, 0.6) is 0 Å². The predicted octanol–water partition coefficient (Wildman–Crippen LogP) is 1.78. The first kappa shape index (κ1) is 10.3. The molecule has 0 amide bonds. The average molecular weight is 213 g/mol. The summed E-state index contributed by atoms with van der Waals surface area (Å²) in [5.41, 5.74) is 0. The molecule has 0 radical (unpaired) electrons. The van der Waals surface area contributed by atoms with Gasteiger partial charge in [0.05, 0.1) is 25.2 Å². The molecule has 2 rings (SSSR count). The summed E-state index contributed by atoms with van der Waals surface area (Å²) in [5.74, 6) is 2.99. The molecule has 2 fully saturated rings. The van der Waals surface area contributed by atoms with Crippen molar-refractivity contribution in [3.05, 3.63) is 0 Å². The molecular formula is C10H15NO2S. The van der Waals surface area contributed by atoms with Crippen LogP contribution in [0.1, 0.15) is 19.3 Å². The van der Waals surface area contributed by atoms with Crippen LogP contribution >= 0.6 is 11.8 Å². The fraction of sp³-hybridized carbons (Fsp3) is 0.900. The second-order valence-corrected chi connectivity index (χ2v) is 5.00. The Labute approximate surface area is 88.8 Å². The van der Waals surface area contributed by atoms with E-state index < -0.39 is 0 Å². The van der Waals surface area contributed by atoms with Gasteiger partial charge in [0, 0.05) is 5.92 Å². The number of hydrogen-bond acceptors (Lipinski definition) is 4. The van der Waals surface area contributed by atoms with Crippen molar-refractivity contribution in [3.8, 4) is 6.07 Å². The van der Waals surface area contributed by atoms with Crippen LogP contribution in [0.2, 0.25) is 0 Å². The van der Waals surface area contributed by atoms with Gasteiger partial charge in [-0.1, -0.05) is 0 Å². The van der Waals surface area contributed by atoms with E-state index in [0.29, 0.717) is 18.9 Å². The molecule has 0 bridgehead atoms. The van der Waals surface area contributed by atoms with Gasteiger partial charge < -0.3 is 9.47 Å². The normalized spacial score (nSPS) is 34.2. The maximum absolute atomic E-state index is 8.53. The minimum Gasteiger partial charge on any atom is -0.350 e. The van der Waals surface area contributed by atoms with Crippen molar-refractivity contribution in [2.45, 2.75) is 31.7 Å². The third kappa shape index (κ3) is 2.41. The molecule has 0 aromatic carbocycles. The topological polar surface area (TPSA) is 42.2 Å². The van der Waals surface area contributed by atoms with E-state index in [9.17, 15) is 0 Å². The fourth-order valence-corrected chi connectivity index (χ4v) is 3.06. The number of nitrogens with zero attached hydrogens (tertiary/aromatic N) is 1. The van der Waals surface area contributed by atoms with Crippen molar-refractivity contribution in [2.24, 2.45) is 5.92 Å². The van der Waals surface area contributed by atoms with Gasteiger partial charge in [-0.3, -0.25) is 0 Å². The molecule has 14 heavy (non-hydrogen) atoms. The van der Waals surface area contributed by atoms with Crippen LogP contribution in [0, 0.1) is 17.2 Å². The molecule has 0 aromatic heterocycles. The minimum absolute atomic E-state index is 0.0135. The van der Waals surface area contributed by atoms with E-state index in [1.807, 2.05) is 11.8 Å². The van der Waals surface area contributed by atoms with Gasteiger partial charge in [0.1, 0.15) is 0 Å². The minimum atomic E-state index is -0.0331. The first-order valence-electron chi connectivity index (χ1n) is 5.12. The van der Waals surface area contributed by atoms with Crippen molar-refractivity contribution in [2.75, 3.05) is 18.1 Å². The Kier molecular flexibility index (Phi) is 3.68. The molecule has 0 saturated carbocycles. The van der Waals surface area contributed by atoms with Crippen molar-refractivity contribution >= 4 is 11.8 Å². The summed E-state index contributed by atoms with van der Waals surface area (Å²) in [6.45, 7) is 0.599. The van der Waals surface area contributed by atoms with Crippen molar-refractivity contribution in [1.82, 2.24) is 0 Å². The number of rotatable bonds is 2. The van der Waals surface area contributed by atoms with E-state index in [4.69, 9.17) is 14.7 Å². The Morgan fingerprint density at radius 3 is 2.86 bits per heavy atom. The predicted molar refractivity (Wildman–Crippen MR) is 54.9 cm³/mol. The Balaban J connectivity index is 1.79. The van der Waals surface area contributed by atoms with Crippen LogP contribution in [-0.4, -0.2) is 30.5 Å². The lowest BCUT2D eigenvalue weighted by Crippen LogP contribution is -2.26. The molecule has 2 atom stereocenters. The molecule has 0 spiro atoms. The monoisotopic (exact) mass is 213 g/mol. The zero-order chi connectivity index (χ0) is 9.80. The zero-order valence-corrected chi connectivity index (χ0v) is 8.96. The third-order valence-electron chi connectivity index (χ3n) is 2.74. The van der Waals surface area contributed by atoms with Gasteiger partial charge in [0.25, 0.3) is 0 Å². The molecule has 0 aliphatic carbocycles. The van der Waals surface area contributed by atoms with Crippen LogP contribution < -0.4 is 0 Å². The van der Waals surface area contributed by atoms with Gasteiger partial charge in [-0.05, 0) is 24.3 Å². The number of thioether (sulfide) groups is 1. The van der Waals surface area contributed by atoms with Crippen LogP contribution in [0.15, 0.2) is 0 Å². The quantitative estimate of drug-likeness (QED) is 0.701. The second-order valence-electron chi connectivity index (χ2n) is 3.77. The third-order valence-corrected chi connectivity index (χ3v) is 3.79. The van der Waals surface area contributed by atoms with Gasteiger partial charge in [-0.15, -0.1) is 0 Å². The lowest BCUT2D eigenvalue weighted by atomic mass is 10.0. The maximum Gasteiger partial charge on any atom is 0.161 e. The molecule has 2 heterocycles. The summed E-state index contributed by atoms with van der Waals surface area (Å²) in [7, 11) is 0. The molecule has 2 saturated heterocycles. The number of nitriles is 1. The second kappa shape index (κ2) is 5.01. The largest absolute Gasteiger partial charge is 0.350 e. The fourth-order valence-electron chi connectivity index (χ4n) is 1.91. The highest BCUT2D eigenvalue weighted by atomic mass is 32.2. The van der Waals surface area contributed by atoms with Gasteiger partial charge in [0.2, 0.25) is 0 Å². The van der Waals surface area contributed by atoms with Crippen LogP contribution in [0.4, 0.5) is 0 Å². The molecule has 4 heteroatoms. The van der Waals surface area contributed by atoms with Crippen LogP contribution in [0.25, 0.3) is 0 Å². The van der Waals surface area contributed by atoms with E-state index >= 15 is 0 Å². The average Bonchev–Trinajstić information content (AvgIpc) is 2.68. The van der Waals surface area contributed by atoms with Gasteiger partial charge in [-0.2, -0.15) is 17.0 Å². The van der Waals surface area contributed by atoms with Crippen molar-refractivity contribution < 1.29 is 9.47 Å². The smallest absolute Gasteiger partial charge is 0.161 e. The van der Waals surface area contributed by atoms with Gasteiger partial charge in [-0.25, -0.2) is 0 Å². The summed E-state index contributed by atoms with van der Waals surface area (Å²) in [6, 6.07) is 2.12. The highest BCUT2D eigenvalue weighted by Gasteiger charge is 2.33. The van der Waals surface area contributed by atoms with Gasteiger partial charge >= 0.3 is 0 Å². The standard InChI is InChI=1S/C10H15NO2S/c11-4-1-9-7-12-10(13-9)8-2-5-14-6-3-8/h8-10H,1-3,5-7H2. The van der Waals surface area contributed by atoms with Crippen LogP contribution in [0.3, 0.4) is 0 Å². The molecule has 0 N–H and O–H groups in total. The highest BCUT2D eigenvalue weighted by Crippen LogP contribution is 2.31. The Morgan fingerprint density at radius 2 is 2.14 bits per heavy atom. The Hall–Kier alpha value is -0.240. The van der Waals surface area contributed by atoms with E-state index in [-0.39, 0.29) is 12.4 Å². The van der Waals surface area contributed by atoms with Crippen molar-refractivity contribution in [3.63, 3.8) is 0 Å². The van der Waals surface area contributed by atoms with E-state index in [1.54, 1.807) is 0 Å². The van der Waals surface area contributed by atoms with E-state index in [2.05, 4.69) is 6.07 Å². The molecule has 2 unspecified atom stereocenters. The van der Waals surface area contributed by atoms with Crippen molar-refractivity contribution in [1.29, 1.82) is 5.26 Å². The van der Waals surface area contributed by atoms with Gasteiger partial charge in [0.15, 0.2) is 6.29 Å². The summed E-state index contributed by atoms with van der Waals surface area (Å²) >= 11 is 2.01. The first-order valence-corrected chi connectivity index (χ1v) is 6.27. The first-order chi connectivity index (χ1) is 6.90. The summed E-state index contributed by atoms with van der Waals surface area (Å²) < 4.78 is 11.3. The molecule has 2 aliphatic rings. The van der Waals surface area contributed by atoms with E-state index in [1.165, 1.54) is 24.3 Å². The lowest BCUT2D eigenvalue weighted by molar-refractivity contribution is -0.0974. The maximum atomic E-state index is 8.53. The number of hydrogen-bond donors (Lipinski definition) is 0. The Morgan fingerprint density at radius 1 is 1.36 bits per heavy atom. The molecular weight excluding hydrogens is 198 g/mol. The summed E-state index contributed by atoms with van der Waals surface area (Å²) in [5, 5.41) is 8.53. The summed E-state index contributed by atoms with van der Waals surface area (Å²) in [6.07, 6.45) is 2.81. The summed E-state index contributed by atoms with van der Waals surface area (Å²) in [4.78, 5) is 0. The van der Waals surface area contributed by atoms with E-state index in [0.717, 1.165) is 0 Å². The molecule has 2 aliphatic heterocycles. The highest BCUT2D eigenvalue weighted by molar-refractivity contribution is 7.99. The lowest BCUT2D eigenvalue weighted by Gasteiger charge is -2.25. The molecule has 0 aromatic rings. The zero-order valence-electron chi connectivity index (χ0n) is 8.15. The van der Waals surface area contributed by atoms with Crippen LogP contribution in [-0.2, 0) is 9.47 Å². The number of ether oxygens (including phenoxy) is 2. The molecule has 78 valence electrons. The Bertz CT molecular complexity index is 223. The molecule has 3 nitrogen and oxygen atoms in total.